The molecule has 1 rings (SSSR count). The van der Waals surface area contributed by atoms with E-state index in [-0.39, 0.29) is 24.6 Å². The molecule has 0 saturated carbocycles. The van der Waals surface area contributed by atoms with Gasteiger partial charge in [-0.3, -0.25) is 0 Å². The number of nitrogens with one attached hydrogen (secondary N) is 1. The van der Waals surface area contributed by atoms with Crippen LogP contribution in [0.25, 0.3) is 0 Å². The van der Waals surface area contributed by atoms with Crippen LogP contribution in [0, 0.1) is 5.82 Å². The van der Waals surface area contributed by atoms with Gasteiger partial charge in [-0.1, -0.05) is 0 Å². The second kappa shape index (κ2) is 5.53. The van der Waals surface area contributed by atoms with Gasteiger partial charge in [0.1, 0.15) is 11.6 Å². The number of hydrogen-bond donors (Lipinski definition) is 4. The van der Waals surface area contributed by atoms with Gasteiger partial charge < -0.3 is 26.0 Å². The van der Waals surface area contributed by atoms with Crippen LogP contribution >= 0.6 is 0 Å². The predicted octanol–water partition coefficient (Wildman–Crippen LogP) is 0.182. The van der Waals surface area contributed by atoms with E-state index >= 15 is 0 Å². The summed E-state index contributed by atoms with van der Waals surface area (Å²) in [5, 5.41) is 20.4. The Bertz CT molecular complexity index is 356. The van der Waals surface area contributed by atoms with Gasteiger partial charge in [0.15, 0.2) is 0 Å². The molecule has 0 heterocycles. The van der Waals surface area contributed by atoms with Gasteiger partial charge in [0, 0.05) is 12.1 Å². The van der Waals surface area contributed by atoms with E-state index in [4.69, 9.17) is 20.7 Å². The first-order chi connectivity index (χ1) is 7.62. The summed E-state index contributed by atoms with van der Waals surface area (Å²) in [4.78, 5) is 0. The number of rotatable bonds is 5. The number of aliphatic hydroxyl groups excluding tert-OH is 2. The Morgan fingerprint density at radius 3 is 2.56 bits per heavy atom. The van der Waals surface area contributed by atoms with Gasteiger partial charge in [-0.2, -0.15) is 0 Å². The van der Waals surface area contributed by atoms with Crippen LogP contribution < -0.4 is 15.8 Å². The highest BCUT2D eigenvalue weighted by atomic mass is 19.1. The first kappa shape index (κ1) is 12.5. The first-order valence-corrected chi connectivity index (χ1v) is 4.73. The standard InChI is InChI=1S/C10H15FN2O3/c1-16-10-3-9(7(11)2-8(10)12)13-6(4-14)5-15/h2-3,6,13-15H,4-5,12H2,1H3. The Labute approximate surface area is 92.6 Å². The van der Waals surface area contributed by atoms with Crippen molar-refractivity contribution in [3.8, 4) is 5.75 Å². The molecule has 0 saturated heterocycles. The van der Waals surface area contributed by atoms with E-state index in [1.807, 2.05) is 0 Å². The molecule has 0 aliphatic carbocycles. The van der Waals surface area contributed by atoms with Crippen LogP contribution in [-0.2, 0) is 0 Å². The van der Waals surface area contributed by atoms with Crippen molar-refractivity contribution in [3.05, 3.63) is 17.9 Å². The van der Waals surface area contributed by atoms with Crippen molar-refractivity contribution in [1.82, 2.24) is 0 Å². The van der Waals surface area contributed by atoms with Crippen LogP contribution in [0.3, 0.4) is 0 Å². The molecule has 0 bridgehead atoms. The molecule has 0 aliphatic heterocycles. The number of anilines is 2. The second-order valence-electron chi connectivity index (χ2n) is 3.28. The number of hydrogen-bond acceptors (Lipinski definition) is 5. The minimum atomic E-state index is -0.622. The highest BCUT2D eigenvalue weighted by molar-refractivity contribution is 5.62. The lowest BCUT2D eigenvalue weighted by molar-refractivity contribution is 0.203. The third-order valence-corrected chi connectivity index (χ3v) is 2.12. The van der Waals surface area contributed by atoms with Crippen molar-refractivity contribution >= 4 is 11.4 Å². The van der Waals surface area contributed by atoms with Gasteiger partial charge in [0.2, 0.25) is 0 Å². The zero-order chi connectivity index (χ0) is 12.1. The molecule has 5 nitrogen and oxygen atoms in total. The summed E-state index contributed by atoms with van der Waals surface area (Å²) in [7, 11) is 1.42. The van der Waals surface area contributed by atoms with Crippen molar-refractivity contribution in [2.24, 2.45) is 0 Å². The van der Waals surface area contributed by atoms with Gasteiger partial charge in [-0.15, -0.1) is 0 Å². The van der Waals surface area contributed by atoms with Crippen LogP contribution in [0.1, 0.15) is 0 Å². The van der Waals surface area contributed by atoms with E-state index in [1.54, 1.807) is 0 Å². The Kier molecular flexibility index (Phi) is 4.33. The van der Waals surface area contributed by atoms with Crippen molar-refractivity contribution in [1.29, 1.82) is 0 Å². The average molecular weight is 230 g/mol. The summed E-state index contributed by atoms with van der Waals surface area (Å²) in [5.41, 5.74) is 5.82. The minimum Gasteiger partial charge on any atom is -0.495 e. The van der Waals surface area contributed by atoms with E-state index in [0.29, 0.717) is 5.75 Å². The largest absolute Gasteiger partial charge is 0.495 e. The molecule has 0 atom stereocenters. The van der Waals surface area contributed by atoms with Crippen LogP contribution in [0.4, 0.5) is 15.8 Å². The number of nitrogens with two attached hydrogens (primary N) is 1. The summed E-state index contributed by atoms with van der Waals surface area (Å²) in [6, 6.07) is 1.87. The molecular formula is C10H15FN2O3. The maximum Gasteiger partial charge on any atom is 0.148 e. The molecule has 0 radical (unpaired) electrons. The van der Waals surface area contributed by atoms with Gasteiger partial charge in [-0.25, -0.2) is 4.39 Å². The third-order valence-electron chi connectivity index (χ3n) is 2.12. The lowest BCUT2D eigenvalue weighted by Crippen LogP contribution is -2.28. The molecular weight excluding hydrogens is 215 g/mol. The fraction of sp³-hybridized carbons (Fsp3) is 0.400. The third kappa shape index (κ3) is 2.74. The number of nitrogen functional groups attached to an aromatic ring is 1. The molecule has 0 fully saturated rings. The summed E-state index contributed by atoms with van der Waals surface area (Å²) < 4.78 is 18.4. The number of aliphatic hydroxyl groups is 2. The summed E-state index contributed by atoms with van der Waals surface area (Å²) in [6.07, 6.45) is 0. The van der Waals surface area contributed by atoms with Gasteiger partial charge >= 0.3 is 0 Å². The monoisotopic (exact) mass is 230 g/mol. The maximum atomic E-state index is 13.4. The fourth-order valence-electron chi connectivity index (χ4n) is 1.23. The topological polar surface area (TPSA) is 87.7 Å². The van der Waals surface area contributed by atoms with Crippen LogP contribution in [0.5, 0.6) is 5.75 Å². The Balaban J connectivity index is 2.95. The van der Waals surface area contributed by atoms with Crippen molar-refractivity contribution in [2.75, 3.05) is 31.4 Å². The maximum absolute atomic E-state index is 13.4. The van der Waals surface area contributed by atoms with Gasteiger partial charge in [-0.05, 0) is 0 Å². The molecule has 0 aromatic heterocycles. The number of methoxy groups -OCH3 is 1. The van der Waals surface area contributed by atoms with E-state index < -0.39 is 11.9 Å². The van der Waals surface area contributed by atoms with E-state index in [0.717, 1.165) is 6.07 Å². The molecule has 16 heavy (non-hydrogen) atoms. The summed E-state index contributed by atoms with van der Waals surface area (Å²) in [5.74, 6) is -0.233. The van der Waals surface area contributed by atoms with Crippen molar-refractivity contribution < 1.29 is 19.3 Å². The zero-order valence-electron chi connectivity index (χ0n) is 8.90. The second-order valence-corrected chi connectivity index (χ2v) is 3.28. The average Bonchev–Trinajstić information content (AvgIpc) is 2.28. The van der Waals surface area contributed by atoms with Crippen molar-refractivity contribution in [2.45, 2.75) is 6.04 Å². The van der Waals surface area contributed by atoms with Crippen LogP contribution in [-0.4, -0.2) is 36.6 Å². The fourth-order valence-corrected chi connectivity index (χ4v) is 1.23. The minimum absolute atomic E-state index is 0.124. The van der Waals surface area contributed by atoms with Crippen LogP contribution in [0.2, 0.25) is 0 Å². The van der Waals surface area contributed by atoms with Crippen LogP contribution in [0.15, 0.2) is 12.1 Å². The summed E-state index contributed by atoms with van der Waals surface area (Å²) >= 11 is 0. The number of benzene rings is 1. The van der Waals surface area contributed by atoms with Crippen molar-refractivity contribution in [3.63, 3.8) is 0 Å². The highest BCUT2D eigenvalue weighted by Crippen LogP contribution is 2.28. The highest BCUT2D eigenvalue weighted by Gasteiger charge is 2.12. The molecule has 90 valence electrons. The Morgan fingerprint density at radius 2 is 2.06 bits per heavy atom. The van der Waals surface area contributed by atoms with E-state index in [2.05, 4.69) is 5.32 Å². The van der Waals surface area contributed by atoms with E-state index in [1.165, 1.54) is 13.2 Å². The molecule has 0 amide bonds. The lowest BCUT2D eigenvalue weighted by Gasteiger charge is -2.16. The SMILES string of the molecule is COc1cc(NC(CO)CO)c(F)cc1N. The quantitative estimate of drug-likeness (QED) is 0.542. The summed E-state index contributed by atoms with van der Waals surface area (Å²) in [6.45, 7) is -0.606. The molecule has 6 heteroatoms. The lowest BCUT2D eigenvalue weighted by atomic mass is 10.2. The van der Waals surface area contributed by atoms with Gasteiger partial charge in [0.25, 0.3) is 0 Å². The molecule has 0 unspecified atom stereocenters. The molecule has 5 N–H and O–H groups in total. The Morgan fingerprint density at radius 1 is 1.44 bits per heavy atom. The van der Waals surface area contributed by atoms with Gasteiger partial charge in [0.05, 0.1) is 37.7 Å². The number of ether oxygens (including phenoxy) is 1. The Hall–Kier alpha value is -1.53. The molecule has 0 spiro atoms. The molecule has 1 aromatic rings. The molecule has 0 aliphatic rings. The normalized spacial score (nSPS) is 10.6. The van der Waals surface area contributed by atoms with E-state index in [9.17, 15) is 4.39 Å². The smallest absolute Gasteiger partial charge is 0.148 e. The predicted molar refractivity (Wildman–Crippen MR) is 58.9 cm³/mol. The first-order valence-electron chi connectivity index (χ1n) is 4.73. The zero-order valence-corrected chi connectivity index (χ0v) is 8.90. The molecule has 1 aromatic carbocycles. The number of halogens is 1.